The molecule has 1 amide bonds. The van der Waals surface area contributed by atoms with Crippen LogP contribution in [0.3, 0.4) is 0 Å². The molecule has 1 fully saturated rings. The Bertz CT molecular complexity index is 301. The Labute approximate surface area is 128 Å². The minimum absolute atomic E-state index is 0.299. The number of nitrogens with zero attached hydrogens (tertiary/aromatic N) is 1. The summed E-state index contributed by atoms with van der Waals surface area (Å²) >= 11 is 0. The topological polar surface area (TPSA) is 76.8 Å². The maximum atomic E-state index is 11.9. The summed E-state index contributed by atoms with van der Waals surface area (Å²) < 4.78 is 10.8. The summed E-state index contributed by atoms with van der Waals surface area (Å²) in [4.78, 5) is 14.0. The average molecular weight is 301 g/mol. The first-order chi connectivity index (χ1) is 10.0. The van der Waals surface area contributed by atoms with Crippen molar-refractivity contribution >= 4 is 5.91 Å². The van der Waals surface area contributed by atoms with Crippen LogP contribution in [0, 0.1) is 0 Å². The van der Waals surface area contributed by atoms with E-state index in [1.165, 1.54) is 0 Å². The van der Waals surface area contributed by atoms with E-state index in [2.05, 4.69) is 10.2 Å². The van der Waals surface area contributed by atoms with Crippen LogP contribution in [0.15, 0.2) is 0 Å². The van der Waals surface area contributed by atoms with Crippen molar-refractivity contribution in [3.63, 3.8) is 0 Å². The molecule has 1 saturated carbocycles. The molecule has 0 aromatic carbocycles. The summed E-state index contributed by atoms with van der Waals surface area (Å²) in [6.45, 7) is 10.7. The molecule has 1 aliphatic rings. The quantitative estimate of drug-likeness (QED) is 0.480. The summed E-state index contributed by atoms with van der Waals surface area (Å²) in [6, 6.07) is 0.433. The Morgan fingerprint density at radius 1 is 1.24 bits per heavy atom. The molecule has 124 valence electrons. The monoisotopic (exact) mass is 301 g/mol. The van der Waals surface area contributed by atoms with E-state index in [0.717, 1.165) is 25.9 Å². The minimum atomic E-state index is -0.695. The molecule has 1 aliphatic carbocycles. The van der Waals surface area contributed by atoms with Crippen LogP contribution in [-0.4, -0.2) is 68.4 Å². The van der Waals surface area contributed by atoms with Crippen molar-refractivity contribution in [2.45, 2.75) is 45.2 Å². The van der Waals surface area contributed by atoms with E-state index in [-0.39, 0.29) is 5.91 Å². The van der Waals surface area contributed by atoms with Gasteiger partial charge in [0.15, 0.2) is 0 Å². The van der Waals surface area contributed by atoms with Crippen molar-refractivity contribution in [2.75, 3.05) is 46.1 Å². The lowest BCUT2D eigenvalue weighted by Crippen LogP contribution is -2.60. The summed E-state index contributed by atoms with van der Waals surface area (Å²) in [5.41, 5.74) is 4.92. The molecule has 0 heterocycles. The third-order valence-electron chi connectivity index (χ3n) is 3.70. The first-order valence-electron chi connectivity index (χ1n) is 7.97. The highest BCUT2D eigenvalue weighted by Gasteiger charge is 2.38. The first-order valence-corrected chi connectivity index (χ1v) is 7.97. The lowest BCUT2D eigenvalue weighted by molar-refractivity contribution is -0.124. The van der Waals surface area contributed by atoms with Crippen molar-refractivity contribution < 1.29 is 14.3 Å². The van der Waals surface area contributed by atoms with Crippen LogP contribution in [0.5, 0.6) is 0 Å². The van der Waals surface area contributed by atoms with Gasteiger partial charge in [0.25, 0.3) is 0 Å². The number of primary amides is 1. The van der Waals surface area contributed by atoms with E-state index in [9.17, 15) is 4.79 Å². The van der Waals surface area contributed by atoms with Crippen LogP contribution in [0.4, 0.5) is 0 Å². The molecule has 0 bridgehead atoms. The van der Waals surface area contributed by atoms with Gasteiger partial charge in [-0.15, -0.1) is 0 Å². The van der Waals surface area contributed by atoms with Crippen LogP contribution in [-0.2, 0) is 14.3 Å². The van der Waals surface area contributed by atoms with E-state index in [1.807, 2.05) is 20.8 Å². The van der Waals surface area contributed by atoms with Crippen molar-refractivity contribution in [1.82, 2.24) is 10.2 Å². The Balaban J connectivity index is 2.53. The normalized spacial score (nSPS) is 17.9. The van der Waals surface area contributed by atoms with Gasteiger partial charge in [-0.2, -0.15) is 0 Å². The molecule has 0 saturated heterocycles. The lowest BCUT2D eigenvalue weighted by Gasteiger charge is -2.34. The maximum absolute atomic E-state index is 11.9. The molecule has 6 nitrogen and oxygen atoms in total. The number of nitrogens with one attached hydrogen (secondary N) is 1. The molecular weight excluding hydrogens is 270 g/mol. The summed E-state index contributed by atoms with van der Waals surface area (Å²) in [7, 11) is 0. The highest BCUT2D eigenvalue weighted by Crippen LogP contribution is 2.23. The Kier molecular flexibility index (Phi) is 8.18. The zero-order chi connectivity index (χ0) is 15.7. The van der Waals surface area contributed by atoms with E-state index in [0.29, 0.717) is 39.0 Å². The highest BCUT2D eigenvalue weighted by molar-refractivity contribution is 5.84. The van der Waals surface area contributed by atoms with Crippen molar-refractivity contribution in [1.29, 1.82) is 0 Å². The van der Waals surface area contributed by atoms with Crippen molar-refractivity contribution in [3.8, 4) is 0 Å². The molecule has 1 rings (SSSR count). The van der Waals surface area contributed by atoms with Gasteiger partial charge in [-0.3, -0.25) is 15.0 Å². The van der Waals surface area contributed by atoms with Gasteiger partial charge < -0.3 is 15.2 Å². The minimum Gasteiger partial charge on any atom is -0.380 e. The van der Waals surface area contributed by atoms with Crippen LogP contribution >= 0.6 is 0 Å². The van der Waals surface area contributed by atoms with Gasteiger partial charge in [0.1, 0.15) is 5.54 Å². The molecular formula is C15H31N3O3. The highest BCUT2D eigenvalue weighted by atomic mass is 16.5. The number of amides is 1. The average Bonchev–Trinajstić information content (AvgIpc) is 3.22. The molecule has 3 N–H and O–H groups in total. The molecule has 21 heavy (non-hydrogen) atoms. The zero-order valence-corrected chi connectivity index (χ0v) is 13.7. The van der Waals surface area contributed by atoms with E-state index in [4.69, 9.17) is 15.2 Å². The predicted molar refractivity (Wildman–Crippen MR) is 83.2 cm³/mol. The van der Waals surface area contributed by atoms with Crippen LogP contribution in [0.1, 0.15) is 33.6 Å². The van der Waals surface area contributed by atoms with Crippen molar-refractivity contribution in [2.24, 2.45) is 5.73 Å². The third kappa shape index (κ3) is 7.22. The molecule has 1 atom stereocenters. The number of rotatable bonds is 13. The predicted octanol–water partition coefficient (Wildman–Crippen LogP) is 0.357. The number of ether oxygens (including phenoxy) is 2. The molecule has 0 aliphatic heterocycles. The van der Waals surface area contributed by atoms with Crippen LogP contribution in [0.2, 0.25) is 0 Å². The second-order valence-corrected chi connectivity index (χ2v) is 5.78. The number of carbonyl (C=O) groups is 1. The third-order valence-corrected chi connectivity index (χ3v) is 3.70. The summed E-state index contributed by atoms with van der Waals surface area (Å²) in [5.74, 6) is -0.299. The number of hydrogen-bond acceptors (Lipinski definition) is 5. The SMILES string of the molecule is CCOCCN(CCOCC)CC(C)(NC1CC1)C(N)=O. The van der Waals surface area contributed by atoms with E-state index in [1.54, 1.807) is 0 Å². The molecule has 0 spiro atoms. The fraction of sp³-hybridized carbons (Fsp3) is 0.933. The number of carbonyl (C=O) groups excluding carboxylic acids is 1. The largest absolute Gasteiger partial charge is 0.380 e. The molecule has 0 aromatic rings. The maximum Gasteiger partial charge on any atom is 0.238 e. The number of hydrogen-bond donors (Lipinski definition) is 2. The zero-order valence-electron chi connectivity index (χ0n) is 13.7. The second kappa shape index (κ2) is 9.35. The summed E-state index contributed by atoms with van der Waals surface area (Å²) in [6.07, 6.45) is 2.25. The van der Waals surface area contributed by atoms with Gasteiger partial charge in [0, 0.05) is 38.9 Å². The van der Waals surface area contributed by atoms with Gasteiger partial charge in [-0.25, -0.2) is 0 Å². The van der Waals surface area contributed by atoms with Crippen LogP contribution < -0.4 is 11.1 Å². The van der Waals surface area contributed by atoms with Gasteiger partial charge >= 0.3 is 0 Å². The smallest absolute Gasteiger partial charge is 0.238 e. The van der Waals surface area contributed by atoms with Crippen molar-refractivity contribution in [3.05, 3.63) is 0 Å². The summed E-state index contributed by atoms with van der Waals surface area (Å²) in [5, 5.41) is 3.38. The fourth-order valence-corrected chi connectivity index (χ4v) is 2.27. The van der Waals surface area contributed by atoms with Gasteiger partial charge in [0.05, 0.1) is 13.2 Å². The molecule has 1 unspecified atom stereocenters. The molecule has 6 heteroatoms. The van der Waals surface area contributed by atoms with Gasteiger partial charge in [0.2, 0.25) is 5.91 Å². The van der Waals surface area contributed by atoms with Gasteiger partial charge in [-0.1, -0.05) is 0 Å². The van der Waals surface area contributed by atoms with Crippen LogP contribution in [0.25, 0.3) is 0 Å². The van der Waals surface area contributed by atoms with E-state index < -0.39 is 5.54 Å². The lowest BCUT2D eigenvalue weighted by atomic mass is 10.0. The van der Waals surface area contributed by atoms with Gasteiger partial charge in [-0.05, 0) is 33.6 Å². The fourth-order valence-electron chi connectivity index (χ4n) is 2.27. The standard InChI is InChI=1S/C15H31N3O3/c1-4-20-10-8-18(9-11-21-5-2)12-15(3,14(16)19)17-13-6-7-13/h13,17H,4-12H2,1-3H3,(H2,16,19). The molecule has 0 radical (unpaired) electrons. The number of nitrogens with two attached hydrogens (primary N) is 1. The first kappa shape index (κ1) is 18.4. The van der Waals surface area contributed by atoms with E-state index >= 15 is 0 Å². The Morgan fingerprint density at radius 2 is 1.76 bits per heavy atom. The second-order valence-electron chi connectivity index (χ2n) is 5.78. The molecule has 0 aromatic heterocycles. The Morgan fingerprint density at radius 3 is 2.14 bits per heavy atom. The Hall–Kier alpha value is -0.690.